The number of amides is 1. The third-order valence-corrected chi connectivity index (χ3v) is 4.63. The molecule has 0 radical (unpaired) electrons. The molecule has 0 aromatic heterocycles. The molecule has 1 N–H and O–H groups in total. The molecule has 2 unspecified atom stereocenters. The second-order valence-electron chi connectivity index (χ2n) is 6.24. The molecular formula is C19H17ClF3NO. The molecule has 0 bridgehead atoms. The van der Waals surface area contributed by atoms with Crippen LogP contribution in [0.1, 0.15) is 29.0 Å². The number of halogens is 4. The third-order valence-electron chi connectivity index (χ3n) is 4.40. The molecule has 6 heteroatoms. The van der Waals surface area contributed by atoms with Crippen LogP contribution in [0.15, 0.2) is 48.5 Å². The van der Waals surface area contributed by atoms with Crippen LogP contribution in [0, 0.1) is 5.92 Å². The number of benzene rings is 2. The monoisotopic (exact) mass is 367 g/mol. The van der Waals surface area contributed by atoms with Crippen LogP contribution in [0.2, 0.25) is 5.02 Å². The van der Waals surface area contributed by atoms with Crippen molar-refractivity contribution in [2.75, 3.05) is 6.54 Å². The Bertz CT molecular complexity index is 758. The largest absolute Gasteiger partial charge is 0.416 e. The fourth-order valence-electron chi connectivity index (χ4n) is 2.93. The second kappa shape index (κ2) is 7.08. The maximum absolute atomic E-state index is 12.6. The Hall–Kier alpha value is -2.01. The van der Waals surface area contributed by atoms with E-state index in [1.165, 1.54) is 12.1 Å². The summed E-state index contributed by atoms with van der Waals surface area (Å²) in [6.45, 7) is 0.509. The van der Waals surface area contributed by atoms with Crippen LogP contribution in [0.5, 0.6) is 0 Å². The molecule has 2 nitrogen and oxygen atoms in total. The molecule has 1 amide bonds. The van der Waals surface area contributed by atoms with Gasteiger partial charge in [-0.15, -0.1) is 0 Å². The quantitative estimate of drug-likeness (QED) is 0.806. The lowest BCUT2D eigenvalue weighted by molar-refractivity contribution is -0.137. The smallest absolute Gasteiger partial charge is 0.356 e. The van der Waals surface area contributed by atoms with Gasteiger partial charge in [0.25, 0.3) is 0 Å². The van der Waals surface area contributed by atoms with Crippen LogP contribution in [-0.4, -0.2) is 12.5 Å². The van der Waals surface area contributed by atoms with E-state index in [9.17, 15) is 18.0 Å². The van der Waals surface area contributed by atoms with E-state index in [1.54, 1.807) is 6.07 Å². The van der Waals surface area contributed by atoms with Crippen molar-refractivity contribution in [2.45, 2.75) is 24.9 Å². The van der Waals surface area contributed by atoms with Gasteiger partial charge in [0.05, 0.1) is 5.56 Å². The van der Waals surface area contributed by atoms with Crippen molar-refractivity contribution in [1.82, 2.24) is 5.32 Å². The van der Waals surface area contributed by atoms with Crippen molar-refractivity contribution in [1.29, 1.82) is 0 Å². The molecule has 1 aliphatic rings. The van der Waals surface area contributed by atoms with Crippen LogP contribution in [0.3, 0.4) is 0 Å². The first-order valence-corrected chi connectivity index (χ1v) is 8.42. The number of carbonyl (C=O) groups excluding carboxylic acids is 1. The van der Waals surface area contributed by atoms with Gasteiger partial charge >= 0.3 is 6.18 Å². The van der Waals surface area contributed by atoms with E-state index in [4.69, 9.17) is 11.6 Å². The van der Waals surface area contributed by atoms with Crippen molar-refractivity contribution in [2.24, 2.45) is 5.92 Å². The van der Waals surface area contributed by atoms with Crippen molar-refractivity contribution in [3.05, 3.63) is 70.2 Å². The molecule has 2 aromatic rings. The third kappa shape index (κ3) is 4.54. The van der Waals surface area contributed by atoms with Crippen LogP contribution in [0.4, 0.5) is 13.2 Å². The lowest BCUT2D eigenvalue weighted by Gasteiger charge is -2.08. The maximum Gasteiger partial charge on any atom is 0.416 e. The van der Waals surface area contributed by atoms with E-state index in [1.807, 2.05) is 18.2 Å². The minimum absolute atomic E-state index is 0.00783. The van der Waals surface area contributed by atoms with Gasteiger partial charge < -0.3 is 5.32 Å². The highest BCUT2D eigenvalue weighted by molar-refractivity contribution is 6.30. The van der Waals surface area contributed by atoms with Crippen LogP contribution in [0.25, 0.3) is 0 Å². The van der Waals surface area contributed by atoms with Gasteiger partial charge in [-0.25, -0.2) is 0 Å². The average molecular weight is 368 g/mol. The van der Waals surface area contributed by atoms with E-state index < -0.39 is 11.7 Å². The molecule has 1 saturated carbocycles. The van der Waals surface area contributed by atoms with Gasteiger partial charge in [-0.1, -0.05) is 35.9 Å². The highest BCUT2D eigenvalue weighted by atomic mass is 35.5. The Kier molecular flexibility index (Phi) is 5.04. The summed E-state index contributed by atoms with van der Waals surface area (Å²) < 4.78 is 37.7. The first kappa shape index (κ1) is 17.8. The Balaban J connectivity index is 1.49. The zero-order chi connectivity index (χ0) is 18.0. The van der Waals surface area contributed by atoms with Crippen LogP contribution in [-0.2, 0) is 17.4 Å². The number of rotatable bonds is 5. The number of alkyl halides is 3. The minimum atomic E-state index is -4.33. The first-order chi connectivity index (χ1) is 11.8. The zero-order valence-corrected chi connectivity index (χ0v) is 14.1. The van der Waals surface area contributed by atoms with Crippen molar-refractivity contribution >= 4 is 17.5 Å². The summed E-state index contributed by atoms with van der Waals surface area (Å²) in [5, 5.41) is 3.55. The summed E-state index contributed by atoms with van der Waals surface area (Å²) in [5.74, 6) is -0.198. The summed E-state index contributed by atoms with van der Waals surface area (Å²) in [5.41, 5.74) is 1.16. The van der Waals surface area contributed by atoms with E-state index in [2.05, 4.69) is 5.32 Å². The Morgan fingerprint density at radius 2 is 1.88 bits per heavy atom. The Morgan fingerprint density at radius 3 is 2.52 bits per heavy atom. The lowest BCUT2D eigenvalue weighted by Crippen LogP contribution is -2.27. The standard InChI is InChI=1S/C19H17ClF3NO/c20-15-3-1-2-12(10-15)8-9-24-18(25)17-11-16(17)13-4-6-14(7-5-13)19(21,22)23/h1-7,10,16-17H,8-9,11H2,(H,24,25). The van der Waals surface area contributed by atoms with Crippen molar-refractivity contribution in [3.8, 4) is 0 Å². The topological polar surface area (TPSA) is 29.1 Å². The molecule has 0 spiro atoms. The molecular weight excluding hydrogens is 351 g/mol. The van der Waals surface area contributed by atoms with Gasteiger partial charge in [-0.05, 0) is 54.2 Å². The van der Waals surface area contributed by atoms with E-state index >= 15 is 0 Å². The summed E-state index contributed by atoms with van der Waals surface area (Å²) in [7, 11) is 0. The van der Waals surface area contributed by atoms with E-state index in [-0.39, 0.29) is 17.7 Å². The maximum atomic E-state index is 12.6. The molecule has 0 saturated heterocycles. The molecule has 2 aromatic carbocycles. The van der Waals surface area contributed by atoms with Gasteiger partial charge in [0.1, 0.15) is 0 Å². The first-order valence-electron chi connectivity index (χ1n) is 8.04. The Morgan fingerprint density at radius 1 is 1.16 bits per heavy atom. The molecule has 132 valence electrons. The SMILES string of the molecule is O=C(NCCc1cccc(Cl)c1)C1CC1c1ccc(C(F)(F)F)cc1. The zero-order valence-electron chi connectivity index (χ0n) is 13.3. The predicted octanol–water partition coefficient (Wildman–Crippen LogP) is 4.82. The van der Waals surface area contributed by atoms with Gasteiger partial charge in [-0.3, -0.25) is 4.79 Å². The average Bonchev–Trinajstić information content (AvgIpc) is 3.35. The molecule has 1 fully saturated rings. The fraction of sp³-hybridized carbons (Fsp3) is 0.316. The van der Waals surface area contributed by atoms with Crippen molar-refractivity contribution in [3.63, 3.8) is 0 Å². The summed E-state index contributed by atoms with van der Waals surface area (Å²) in [6.07, 6.45) is -2.97. The normalized spacial score (nSPS) is 19.5. The summed E-state index contributed by atoms with van der Waals surface area (Å²) >= 11 is 5.92. The van der Waals surface area contributed by atoms with Crippen LogP contribution < -0.4 is 5.32 Å². The highest BCUT2D eigenvalue weighted by Crippen LogP contribution is 2.47. The molecule has 2 atom stereocenters. The molecule has 25 heavy (non-hydrogen) atoms. The highest BCUT2D eigenvalue weighted by Gasteiger charge is 2.44. The van der Waals surface area contributed by atoms with Crippen molar-refractivity contribution < 1.29 is 18.0 Å². The Labute approximate surface area is 149 Å². The molecule has 1 aliphatic carbocycles. The molecule has 0 aliphatic heterocycles. The minimum Gasteiger partial charge on any atom is -0.356 e. The lowest BCUT2D eigenvalue weighted by atomic mass is 10.1. The summed E-state index contributed by atoms with van der Waals surface area (Å²) in [4.78, 5) is 12.2. The van der Waals surface area contributed by atoms with E-state index in [0.29, 0.717) is 24.4 Å². The van der Waals surface area contributed by atoms with Crippen LogP contribution >= 0.6 is 11.6 Å². The van der Waals surface area contributed by atoms with E-state index in [0.717, 1.165) is 23.3 Å². The fourth-order valence-corrected chi connectivity index (χ4v) is 3.14. The molecule has 0 heterocycles. The van der Waals surface area contributed by atoms with Gasteiger partial charge in [-0.2, -0.15) is 13.2 Å². The predicted molar refractivity (Wildman–Crippen MR) is 90.5 cm³/mol. The second-order valence-corrected chi connectivity index (χ2v) is 6.68. The molecule has 3 rings (SSSR count). The number of nitrogens with one attached hydrogen (secondary N) is 1. The number of carbonyl (C=O) groups is 1. The summed E-state index contributed by atoms with van der Waals surface area (Å²) in [6, 6.07) is 12.5. The number of hydrogen-bond acceptors (Lipinski definition) is 1. The van der Waals surface area contributed by atoms with Gasteiger partial charge in [0.2, 0.25) is 5.91 Å². The number of hydrogen-bond donors (Lipinski definition) is 1. The van der Waals surface area contributed by atoms with Gasteiger partial charge in [0, 0.05) is 17.5 Å². The van der Waals surface area contributed by atoms with Gasteiger partial charge in [0.15, 0.2) is 0 Å².